The third kappa shape index (κ3) is 4.21. The minimum atomic E-state index is -1.12. The molecular weight excluding hydrogens is 382 g/mol. The number of amides is 4. The SMILES string of the molecule is O=C(CN1C(=O)NC(Cc2ccccc2)(Cc2ccccc2)C1=O)N1CCOCC1. The van der Waals surface area contributed by atoms with E-state index >= 15 is 0 Å². The van der Waals surface area contributed by atoms with Crippen LogP contribution in [-0.2, 0) is 27.2 Å². The van der Waals surface area contributed by atoms with Crippen LogP contribution in [0.1, 0.15) is 11.1 Å². The molecule has 0 atom stereocenters. The van der Waals surface area contributed by atoms with Gasteiger partial charge in [-0.15, -0.1) is 0 Å². The Morgan fingerprint density at radius 1 is 0.900 bits per heavy atom. The van der Waals surface area contributed by atoms with Gasteiger partial charge in [-0.05, 0) is 11.1 Å². The Labute approximate surface area is 175 Å². The first-order valence-corrected chi connectivity index (χ1v) is 10.1. The van der Waals surface area contributed by atoms with Crippen molar-refractivity contribution in [3.8, 4) is 0 Å². The quantitative estimate of drug-likeness (QED) is 0.738. The van der Waals surface area contributed by atoms with Gasteiger partial charge in [0, 0.05) is 25.9 Å². The minimum absolute atomic E-state index is 0.239. The molecule has 0 bridgehead atoms. The molecule has 0 spiro atoms. The molecule has 2 aromatic carbocycles. The van der Waals surface area contributed by atoms with Crippen molar-refractivity contribution in [3.63, 3.8) is 0 Å². The van der Waals surface area contributed by atoms with Crippen molar-refractivity contribution in [1.29, 1.82) is 0 Å². The number of nitrogens with zero attached hydrogens (tertiary/aromatic N) is 2. The maximum absolute atomic E-state index is 13.5. The van der Waals surface area contributed by atoms with E-state index < -0.39 is 11.6 Å². The number of carbonyl (C=O) groups excluding carboxylic acids is 3. The molecule has 2 aliphatic rings. The van der Waals surface area contributed by atoms with Gasteiger partial charge in [0.25, 0.3) is 5.91 Å². The average molecular weight is 407 g/mol. The summed E-state index contributed by atoms with van der Waals surface area (Å²) in [5.74, 6) is -0.598. The lowest BCUT2D eigenvalue weighted by atomic mass is 9.84. The summed E-state index contributed by atoms with van der Waals surface area (Å²) < 4.78 is 5.27. The summed E-state index contributed by atoms with van der Waals surface area (Å²) in [7, 11) is 0. The fourth-order valence-corrected chi connectivity index (χ4v) is 4.06. The molecule has 30 heavy (non-hydrogen) atoms. The number of carbonyl (C=O) groups is 3. The van der Waals surface area contributed by atoms with Crippen molar-refractivity contribution in [1.82, 2.24) is 15.1 Å². The first-order valence-electron chi connectivity index (χ1n) is 10.1. The molecule has 0 radical (unpaired) electrons. The molecule has 0 unspecified atom stereocenters. The Morgan fingerprint density at radius 2 is 1.43 bits per heavy atom. The van der Waals surface area contributed by atoms with Crippen LogP contribution in [-0.4, -0.2) is 66.0 Å². The highest BCUT2D eigenvalue weighted by Crippen LogP contribution is 2.27. The van der Waals surface area contributed by atoms with Crippen LogP contribution < -0.4 is 5.32 Å². The van der Waals surface area contributed by atoms with E-state index in [1.807, 2.05) is 60.7 Å². The lowest BCUT2D eigenvalue weighted by molar-refractivity contribution is -0.141. The van der Waals surface area contributed by atoms with Gasteiger partial charge < -0.3 is 15.0 Å². The fourth-order valence-electron chi connectivity index (χ4n) is 4.06. The van der Waals surface area contributed by atoms with Crippen molar-refractivity contribution >= 4 is 17.8 Å². The topological polar surface area (TPSA) is 79.0 Å². The largest absolute Gasteiger partial charge is 0.378 e. The van der Waals surface area contributed by atoms with Gasteiger partial charge in [0.05, 0.1) is 13.2 Å². The molecule has 7 heteroatoms. The van der Waals surface area contributed by atoms with Gasteiger partial charge in [-0.2, -0.15) is 0 Å². The highest BCUT2D eigenvalue weighted by molar-refractivity contribution is 6.09. The second-order valence-electron chi connectivity index (χ2n) is 7.72. The van der Waals surface area contributed by atoms with Crippen LogP contribution in [0.3, 0.4) is 0 Å². The average Bonchev–Trinajstić information content (AvgIpc) is 2.99. The maximum Gasteiger partial charge on any atom is 0.325 e. The first kappa shape index (κ1) is 20.1. The van der Waals surface area contributed by atoms with Gasteiger partial charge in [0.2, 0.25) is 5.91 Å². The zero-order valence-corrected chi connectivity index (χ0v) is 16.8. The molecule has 0 aromatic heterocycles. The third-order valence-corrected chi connectivity index (χ3v) is 5.60. The molecule has 0 aliphatic carbocycles. The van der Waals surface area contributed by atoms with Gasteiger partial charge in [-0.3, -0.25) is 14.5 Å². The molecule has 4 rings (SSSR count). The summed E-state index contributed by atoms with van der Waals surface area (Å²) in [5.41, 5.74) is 0.775. The number of rotatable bonds is 6. The molecule has 2 fully saturated rings. The van der Waals surface area contributed by atoms with E-state index in [2.05, 4.69) is 5.32 Å². The van der Waals surface area contributed by atoms with Crippen molar-refractivity contribution in [3.05, 3.63) is 71.8 Å². The van der Waals surface area contributed by atoms with E-state index in [1.165, 1.54) is 0 Å². The van der Waals surface area contributed by atoms with Gasteiger partial charge in [-0.25, -0.2) is 4.79 Å². The number of benzene rings is 2. The summed E-state index contributed by atoms with van der Waals surface area (Å²) in [6.07, 6.45) is 0.713. The van der Waals surface area contributed by atoms with Crippen LogP contribution in [0.2, 0.25) is 0 Å². The van der Waals surface area contributed by atoms with E-state index in [0.29, 0.717) is 39.1 Å². The van der Waals surface area contributed by atoms with Crippen LogP contribution in [0.5, 0.6) is 0 Å². The summed E-state index contributed by atoms with van der Waals surface area (Å²) in [6.45, 7) is 1.63. The van der Waals surface area contributed by atoms with Crippen LogP contribution in [0, 0.1) is 0 Å². The summed E-state index contributed by atoms with van der Waals surface area (Å²) in [4.78, 5) is 41.7. The fraction of sp³-hybridized carbons (Fsp3) is 0.348. The van der Waals surface area contributed by atoms with Crippen molar-refractivity contribution in [2.24, 2.45) is 0 Å². The Balaban J connectivity index is 1.58. The van der Waals surface area contributed by atoms with Crippen LogP contribution >= 0.6 is 0 Å². The summed E-state index contributed by atoms with van der Waals surface area (Å²) in [5, 5.41) is 2.91. The van der Waals surface area contributed by atoms with Gasteiger partial charge in [0.1, 0.15) is 12.1 Å². The molecule has 2 aromatic rings. The normalized spacial score (nSPS) is 18.4. The van der Waals surface area contributed by atoms with Gasteiger partial charge >= 0.3 is 6.03 Å². The smallest absolute Gasteiger partial charge is 0.325 e. The first-order chi connectivity index (χ1) is 14.6. The Hall–Kier alpha value is -3.19. The molecule has 0 saturated carbocycles. The number of imide groups is 1. The van der Waals surface area contributed by atoms with Crippen LogP contribution in [0.25, 0.3) is 0 Å². The van der Waals surface area contributed by atoms with E-state index in [1.54, 1.807) is 4.90 Å². The molecule has 1 N–H and O–H groups in total. The van der Waals surface area contributed by atoms with E-state index in [4.69, 9.17) is 4.74 Å². The van der Waals surface area contributed by atoms with Gasteiger partial charge in [-0.1, -0.05) is 60.7 Å². The predicted molar refractivity (Wildman–Crippen MR) is 111 cm³/mol. The lowest BCUT2D eigenvalue weighted by Gasteiger charge is -2.29. The second-order valence-corrected chi connectivity index (χ2v) is 7.72. The monoisotopic (exact) mass is 407 g/mol. The second kappa shape index (κ2) is 8.67. The van der Waals surface area contributed by atoms with Gasteiger partial charge in [0.15, 0.2) is 0 Å². The number of morpholine rings is 1. The minimum Gasteiger partial charge on any atom is -0.378 e. The van der Waals surface area contributed by atoms with Crippen molar-refractivity contribution < 1.29 is 19.1 Å². The Bertz CT molecular complexity index is 869. The molecule has 2 aliphatic heterocycles. The van der Waals surface area contributed by atoms with Crippen molar-refractivity contribution in [2.75, 3.05) is 32.8 Å². The highest BCUT2D eigenvalue weighted by atomic mass is 16.5. The maximum atomic E-state index is 13.5. The number of ether oxygens (including phenoxy) is 1. The molecule has 156 valence electrons. The molecule has 2 saturated heterocycles. The van der Waals surface area contributed by atoms with E-state index in [-0.39, 0.29) is 18.4 Å². The summed E-state index contributed by atoms with van der Waals surface area (Å²) >= 11 is 0. The van der Waals surface area contributed by atoms with E-state index in [9.17, 15) is 14.4 Å². The molecule has 2 heterocycles. The number of hydrogen-bond donors (Lipinski definition) is 1. The van der Waals surface area contributed by atoms with Crippen LogP contribution in [0.4, 0.5) is 4.79 Å². The Kier molecular flexibility index (Phi) is 5.81. The lowest BCUT2D eigenvalue weighted by Crippen LogP contribution is -2.52. The molecular formula is C23H25N3O4. The zero-order chi connectivity index (χ0) is 21.0. The number of nitrogens with one attached hydrogen (secondary N) is 1. The third-order valence-electron chi connectivity index (χ3n) is 5.60. The molecule has 4 amide bonds. The standard InChI is InChI=1S/C23H25N3O4/c27-20(25-11-13-30-14-12-25)17-26-21(28)23(24-22(26)29,15-18-7-3-1-4-8-18)16-19-9-5-2-6-10-19/h1-10H,11-17H2,(H,24,29). The van der Waals surface area contributed by atoms with Crippen molar-refractivity contribution in [2.45, 2.75) is 18.4 Å². The zero-order valence-electron chi connectivity index (χ0n) is 16.8. The highest BCUT2D eigenvalue weighted by Gasteiger charge is 2.51. The number of hydrogen-bond acceptors (Lipinski definition) is 4. The van der Waals surface area contributed by atoms with Crippen LogP contribution in [0.15, 0.2) is 60.7 Å². The molecule has 7 nitrogen and oxygen atoms in total. The van der Waals surface area contributed by atoms with E-state index in [0.717, 1.165) is 16.0 Å². The predicted octanol–water partition coefficient (Wildman–Crippen LogP) is 1.62. The Morgan fingerprint density at radius 3 is 1.97 bits per heavy atom. The number of urea groups is 1. The summed E-state index contributed by atoms with van der Waals surface area (Å²) in [6, 6.07) is 18.7.